The Balaban J connectivity index is 1.85. The van der Waals surface area contributed by atoms with Crippen molar-refractivity contribution in [1.82, 2.24) is 15.1 Å². The van der Waals surface area contributed by atoms with Crippen LogP contribution in [0.3, 0.4) is 0 Å². The fraction of sp³-hybridized carbons (Fsp3) is 0.833. The van der Waals surface area contributed by atoms with Gasteiger partial charge in [-0.05, 0) is 38.6 Å². The SMILES string of the molecule is CNc1nnc(CN(C)C2CCC(C)CC2)s1. The molecule has 1 saturated carbocycles. The average molecular weight is 254 g/mol. The smallest absolute Gasteiger partial charge is 0.205 e. The van der Waals surface area contributed by atoms with Crippen LogP contribution in [0.15, 0.2) is 0 Å². The third-order valence-corrected chi connectivity index (χ3v) is 4.60. The zero-order valence-corrected chi connectivity index (χ0v) is 11.8. The predicted octanol–water partition coefficient (Wildman–Crippen LogP) is 2.59. The second-order valence-electron chi connectivity index (χ2n) is 5.08. The van der Waals surface area contributed by atoms with Crippen molar-refractivity contribution in [3.05, 3.63) is 5.01 Å². The zero-order chi connectivity index (χ0) is 12.3. The van der Waals surface area contributed by atoms with Crippen LogP contribution in [0.2, 0.25) is 0 Å². The molecule has 1 aromatic rings. The highest BCUT2D eigenvalue weighted by Gasteiger charge is 2.22. The molecule has 2 rings (SSSR count). The second kappa shape index (κ2) is 5.78. The van der Waals surface area contributed by atoms with Crippen molar-refractivity contribution in [3.63, 3.8) is 0 Å². The van der Waals surface area contributed by atoms with Gasteiger partial charge in [0.05, 0.1) is 6.54 Å². The normalized spacial score (nSPS) is 25.2. The molecule has 0 aliphatic heterocycles. The Morgan fingerprint density at radius 2 is 2.00 bits per heavy atom. The van der Waals surface area contributed by atoms with E-state index in [-0.39, 0.29) is 0 Å². The Morgan fingerprint density at radius 1 is 1.29 bits per heavy atom. The van der Waals surface area contributed by atoms with Crippen LogP contribution in [-0.4, -0.2) is 35.2 Å². The molecule has 0 amide bonds. The van der Waals surface area contributed by atoms with Crippen molar-refractivity contribution in [2.24, 2.45) is 5.92 Å². The summed E-state index contributed by atoms with van der Waals surface area (Å²) >= 11 is 1.65. The molecule has 5 heteroatoms. The van der Waals surface area contributed by atoms with E-state index in [4.69, 9.17) is 0 Å². The van der Waals surface area contributed by atoms with E-state index in [0.29, 0.717) is 0 Å². The van der Waals surface area contributed by atoms with Crippen molar-refractivity contribution >= 4 is 16.5 Å². The number of nitrogens with zero attached hydrogens (tertiary/aromatic N) is 3. The van der Waals surface area contributed by atoms with Crippen LogP contribution in [0.1, 0.15) is 37.6 Å². The largest absolute Gasteiger partial charge is 0.363 e. The highest BCUT2D eigenvalue weighted by Crippen LogP contribution is 2.27. The van der Waals surface area contributed by atoms with Crippen LogP contribution in [0, 0.1) is 5.92 Å². The van der Waals surface area contributed by atoms with E-state index < -0.39 is 0 Å². The fourth-order valence-electron chi connectivity index (χ4n) is 2.44. The molecule has 1 aliphatic carbocycles. The molecule has 1 aliphatic rings. The van der Waals surface area contributed by atoms with Gasteiger partial charge in [0.2, 0.25) is 5.13 Å². The summed E-state index contributed by atoms with van der Waals surface area (Å²) in [5, 5.41) is 13.3. The van der Waals surface area contributed by atoms with E-state index in [1.54, 1.807) is 11.3 Å². The van der Waals surface area contributed by atoms with E-state index >= 15 is 0 Å². The van der Waals surface area contributed by atoms with Crippen molar-refractivity contribution in [3.8, 4) is 0 Å². The number of nitrogens with one attached hydrogen (secondary N) is 1. The molecule has 1 heterocycles. The third-order valence-electron chi connectivity index (χ3n) is 3.67. The van der Waals surface area contributed by atoms with Gasteiger partial charge < -0.3 is 5.32 Å². The Labute approximate surface area is 107 Å². The van der Waals surface area contributed by atoms with Gasteiger partial charge in [-0.15, -0.1) is 10.2 Å². The van der Waals surface area contributed by atoms with Gasteiger partial charge in [0.15, 0.2) is 0 Å². The quantitative estimate of drug-likeness (QED) is 0.896. The molecule has 0 atom stereocenters. The Kier molecular flexibility index (Phi) is 4.34. The highest BCUT2D eigenvalue weighted by atomic mass is 32.1. The molecule has 1 aromatic heterocycles. The number of aromatic nitrogens is 2. The predicted molar refractivity (Wildman–Crippen MR) is 72.3 cm³/mol. The van der Waals surface area contributed by atoms with E-state index in [2.05, 4.69) is 34.4 Å². The van der Waals surface area contributed by atoms with Gasteiger partial charge >= 0.3 is 0 Å². The van der Waals surface area contributed by atoms with Gasteiger partial charge in [-0.25, -0.2) is 0 Å². The minimum Gasteiger partial charge on any atom is -0.363 e. The maximum absolute atomic E-state index is 4.20. The number of hydrogen-bond donors (Lipinski definition) is 1. The molecule has 0 unspecified atom stereocenters. The molecule has 1 N–H and O–H groups in total. The summed E-state index contributed by atoms with van der Waals surface area (Å²) in [6.45, 7) is 3.29. The van der Waals surface area contributed by atoms with Crippen molar-refractivity contribution < 1.29 is 0 Å². The molecule has 0 aromatic carbocycles. The summed E-state index contributed by atoms with van der Waals surface area (Å²) in [5.41, 5.74) is 0. The fourth-order valence-corrected chi connectivity index (χ4v) is 3.20. The number of rotatable bonds is 4. The molecular formula is C12H22N4S. The lowest BCUT2D eigenvalue weighted by atomic mass is 9.87. The average Bonchev–Trinajstić information content (AvgIpc) is 2.77. The monoisotopic (exact) mass is 254 g/mol. The first kappa shape index (κ1) is 12.8. The van der Waals surface area contributed by atoms with Crippen LogP contribution >= 0.6 is 11.3 Å². The van der Waals surface area contributed by atoms with Gasteiger partial charge in [0, 0.05) is 13.1 Å². The highest BCUT2D eigenvalue weighted by molar-refractivity contribution is 7.15. The minimum absolute atomic E-state index is 0.730. The van der Waals surface area contributed by atoms with Crippen LogP contribution in [0.4, 0.5) is 5.13 Å². The molecule has 4 nitrogen and oxygen atoms in total. The minimum atomic E-state index is 0.730. The molecule has 17 heavy (non-hydrogen) atoms. The summed E-state index contributed by atoms with van der Waals surface area (Å²) < 4.78 is 0. The van der Waals surface area contributed by atoms with E-state index in [9.17, 15) is 0 Å². The van der Waals surface area contributed by atoms with Gasteiger partial charge in [-0.3, -0.25) is 4.90 Å². The third kappa shape index (κ3) is 3.39. The topological polar surface area (TPSA) is 41.1 Å². The zero-order valence-electron chi connectivity index (χ0n) is 10.9. The lowest BCUT2D eigenvalue weighted by Gasteiger charge is -2.32. The second-order valence-corrected chi connectivity index (χ2v) is 6.14. The van der Waals surface area contributed by atoms with Gasteiger partial charge in [0.25, 0.3) is 0 Å². The summed E-state index contributed by atoms with van der Waals surface area (Å²) in [7, 11) is 4.09. The Bertz CT molecular complexity index is 344. The standard InChI is InChI=1S/C12H22N4S/c1-9-4-6-10(7-5-9)16(3)8-11-14-15-12(13-2)17-11/h9-10H,4-8H2,1-3H3,(H,13,15). The molecule has 0 radical (unpaired) electrons. The summed E-state index contributed by atoms with van der Waals surface area (Å²) in [6, 6.07) is 0.730. The van der Waals surface area contributed by atoms with Crippen LogP contribution in [0.25, 0.3) is 0 Å². The van der Waals surface area contributed by atoms with Crippen molar-refractivity contribution in [1.29, 1.82) is 0 Å². The van der Waals surface area contributed by atoms with Gasteiger partial charge in [-0.2, -0.15) is 0 Å². The van der Waals surface area contributed by atoms with E-state index in [0.717, 1.165) is 28.6 Å². The summed E-state index contributed by atoms with van der Waals surface area (Å²) in [4.78, 5) is 2.44. The lowest BCUT2D eigenvalue weighted by Crippen LogP contribution is -2.34. The Hall–Kier alpha value is -0.680. The first-order chi connectivity index (χ1) is 8.19. The molecule has 1 fully saturated rings. The van der Waals surface area contributed by atoms with Gasteiger partial charge in [0.1, 0.15) is 5.01 Å². The van der Waals surface area contributed by atoms with Crippen molar-refractivity contribution in [2.75, 3.05) is 19.4 Å². The molecule has 0 spiro atoms. The first-order valence-corrected chi connectivity index (χ1v) is 7.21. The molecular weight excluding hydrogens is 232 g/mol. The Morgan fingerprint density at radius 3 is 2.59 bits per heavy atom. The van der Waals surface area contributed by atoms with Gasteiger partial charge in [-0.1, -0.05) is 18.3 Å². The first-order valence-electron chi connectivity index (χ1n) is 6.39. The molecule has 0 saturated heterocycles. The van der Waals surface area contributed by atoms with Crippen LogP contribution in [-0.2, 0) is 6.54 Å². The maximum atomic E-state index is 4.20. The number of hydrogen-bond acceptors (Lipinski definition) is 5. The van der Waals surface area contributed by atoms with Crippen LogP contribution in [0.5, 0.6) is 0 Å². The summed E-state index contributed by atoms with van der Waals surface area (Å²) in [5.74, 6) is 0.914. The van der Waals surface area contributed by atoms with Crippen LogP contribution < -0.4 is 5.32 Å². The van der Waals surface area contributed by atoms with E-state index in [1.807, 2.05) is 7.05 Å². The summed E-state index contributed by atoms with van der Waals surface area (Å²) in [6.07, 6.45) is 5.39. The molecule has 0 bridgehead atoms. The van der Waals surface area contributed by atoms with E-state index in [1.165, 1.54) is 25.7 Å². The lowest BCUT2D eigenvalue weighted by molar-refractivity contribution is 0.163. The van der Waals surface area contributed by atoms with Crippen molar-refractivity contribution in [2.45, 2.75) is 45.2 Å². The number of anilines is 1. The molecule has 96 valence electrons. The maximum Gasteiger partial charge on any atom is 0.205 e.